The topological polar surface area (TPSA) is 46.3 Å². The third kappa shape index (κ3) is 2.24. The molecule has 1 aromatic rings. The van der Waals surface area contributed by atoms with Gasteiger partial charge in [-0.15, -0.1) is 0 Å². The van der Waals surface area contributed by atoms with Gasteiger partial charge in [0.05, 0.1) is 6.04 Å². The first-order valence-electron chi connectivity index (χ1n) is 7.63. The van der Waals surface area contributed by atoms with Gasteiger partial charge < -0.3 is 10.6 Å². The minimum atomic E-state index is -0.0444. The van der Waals surface area contributed by atoms with E-state index < -0.39 is 0 Å². The number of carbonyl (C=O) groups is 1. The highest BCUT2D eigenvalue weighted by molar-refractivity contribution is 5.81. The molecule has 108 valence electrons. The lowest BCUT2D eigenvalue weighted by molar-refractivity contribution is -0.144. The summed E-state index contributed by atoms with van der Waals surface area (Å²) in [5.74, 6) is 0.455. The summed E-state index contributed by atoms with van der Waals surface area (Å²) in [5.41, 5.74) is 7.06. The quantitative estimate of drug-likeness (QED) is 0.900. The predicted octanol–water partition coefficient (Wildman–Crippen LogP) is 2.87. The SMILES string of the molecule is CC1(C)CCC(c2ccccc2)N1C(=O)C1CC(N)C1. The molecular weight excluding hydrogens is 248 g/mol. The lowest BCUT2D eigenvalue weighted by atomic mass is 9.79. The Labute approximate surface area is 121 Å². The lowest BCUT2D eigenvalue weighted by Crippen LogP contribution is -2.51. The van der Waals surface area contributed by atoms with Crippen LogP contribution >= 0.6 is 0 Å². The Morgan fingerprint density at radius 2 is 1.90 bits per heavy atom. The van der Waals surface area contributed by atoms with Gasteiger partial charge in [-0.05, 0) is 45.1 Å². The summed E-state index contributed by atoms with van der Waals surface area (Å²) in [6.45, 7) is 4.37. The molecule has 1 heterocycles. The molecule has 20 heavy (non-hydrogen) atoms. The fraction of sp³-hybridized carbons (Fsp3) is 0.588. The fourth-order valence-corrected chi connectivity index (χ4v) is 3.66. The van der Waals surface area contributed by atoms with Crippen molar-refractivity contribution in [3.05, 3.63) is 35.9 Å². The van der Waals surface area contributed by atoms with Crippen LogP contribution in [-0.2, 0) is 4.79 Å². The van der Waals surface area contributed by atoms with Crippen LogP contribution in [-0.4, -0.2) is 22.4 Å². The molecule has 1 aliphatic carbocycles. The van der Waals surface area contributed by atoms with E-state index in [1.165, 1.54) is 5.56 Å². The smallest absolute Gasteiger partial charge is 0.226 e. The number of hydrogen-bond acceptors (Lipinski definition) is 2. The van der Waals surface area contributed by atoms with Crippen molar-refractivity contribution in [3.8, 4) is 0 Å². The number of amides is 1. The number of rotatable bonds is 2. The summed E-state index contributed by atoms with van der Waals surface area (Å²) in [4.78, 5) is 15.0. The monoisotopic (exact) mass is 272 g/mol. The summed E-state index contributed by atoms with van der Waals surface area (Å²) in [6.07, 6.45) is 3.83. The summed E-state index contributed by atoms with van der Waals surface area (Å²) in [7, 11) is 0. The van der Waals surface area contributed by atoms with E-state index in [2.05, 4.69) is 43.0 Å². The summed E-state index contributed by atoms with van der Waals surface area (Å²) in [5, 5.41) is 0. The zero-order chi connectivity index (χ0) is 14.3. The first kappa shape index (κ1) is 13.6. The first-order valence-corrected chi connectivity index (χ1v) is 7.63. The van der Waals surface area contributed by atoms with Crippen LogP contribution in [0.15, 0.2) is 30.3 Å². The molecule has 0 spiro atoms. The van der Waals surface area contributed by atoms with Crippen molar-refractivity contribution in [2.75, 3.05) is 0 Å². The Hall–Kier alpha value is -1.35. The Kier molecular flexibility index (Phi) is 3.33. The molecule has 1 amide bonds. The van der Waals surface area contributed by atoms with Crippen LogP contribution < -0.4 is 5.73 Å². The molecule has 1 aromatic carbocycles. The highest BCUT2D eigenvalue weighted by Gasteiger charge is 2.46. The minimum absolute atomic E-state index is 0.0444. The number of carbonyl (C=O) groups excluding carboxylic acids is 1. The van der Waals surface area contributed by atoms with E-state index in [0.717, 1.165) is 25.7 Å². The predicted molar refractivity (Wildman–Crippen MR) is 80.0 cm³/mol. The van der Waals surface area contributed by atoms with Crippen molar-refractivity contribution >= 4 is 5.91 Å². The largest absolute Gasteiger partial charge is 0.330 e. The van der Waals surface area contributed by atoms with E-state index in [1.807, 2.05) is 6.07 Å². The van der Waals surface area contributed by atoms with Crippen molar-refractivity contribution in [2.45, 2.75) is 57.2 Å². The van der Waals surface area contributed by atoms with E-state index in [1.54, 1.807) is 0 Å². The average Bonchev–Trinajstić information content (AvgIpc) is 2.71. The molecular formula is C17H24N2O. The third-order valence-electron chi connectivity index (χ3n) is 4.94. The number of hydrogen-bond donors (Lipinski definition) is 1. The van der Waals surface area contributed by atoms with E-state index in [-0.39, 0.29) is 23.5 Å². The molecule has 1 saturated carbocycles. The first-order chi connectivity index (χ1) is 9.49. The molecule has 1 aliphatic heterocycles. The van der Waals surface area contributed by atoms with Crippen LogP contribution in [0, 0.1) is 5.92 Å². The number of nitrogens with two attached hydrogens (primary N) is 1. The molecule has 3 heteroatoms. The van der Waals surface area contributed by atoms with Crippen molar-refractivity contribution in [1.82, 2.24) is 4.90 Å². The van der Waals surface area contributed by atoms with Crippen molar-refractivity contribution in [3.63, 3.8) is 0 Å². The van der Waals surface area contributed by atoms with Crippen LogP contribution in [0.5, 0.6) is 0 Å². The highest BCUT2D eigenvalue weighted by Crippen LogP contribution is 2.44. The van der Waals surface area contributed by atoms with Crippen LogP contribution in [0.3, 0.4) is 0 Å². The molecule has 2 N–H and O–H groups in total. The standard InChI is InChI=1S/C17H24N2O/c1-17(2)9-8-15(12-6-4-3-5-7-12)19(17)16(20)13-10-14(18)11-13/h3-7,13-15H,8-11,18H2,1-2H3. The van der Waals surface area contributed by atoms with Crippen LogP contribution in [0.25, 0.3) is 0 Å². The second-order valence-electron chi connectivity index (χ2n) is 6.91. The van der Waals surface area contributed by atoms with Gasteiger partial charge in [-0.25, -0.2) is 0 Å². The zero-order valence-electron chi connectivity index (χ0n) is 12.4. The summed E-state index contributed by atoms with van der Waals surface area (Å²) in [6, 6.07) is 10.9. The minimum Gasteiger partial charge on any atom is -0.330 e. The Morgan fingerprint density at radius 1 is 1.25 bits per heavy atom. The van der Waals surface area contributed by atoms with Crippen molar-refractivity contribution in [1.29, 1.82) is 0 Å². The van der Waals surface area contributed by atoms with Gasteiger partial charge in [-0.3, -0.25) is 4.79 Å². The molecule has 1 unspecified atom stereocenters. The molecule has 1 saturated heterocycles. The van der Waals surface area contributed by atoms with Gasteiger partial charge in [-0.2, -0.15) is 0 Å². The van der Waals surface area contributed by atoms with E-state index in [9.17, 15) is 4.79 Å². The molecule has 0 aromatic heterocycles. The molecule has 3 nitrogen and oxygen atoms in total. The molecule has 2 fully saturated rings. The van der Waals surface area contributed by atoms with E-state index >= 15 is 0 Å². The van der Waals surface area contributed by atoms with Gasteiger partial charge in [0.2, 0.25) is 5.91 Å². The molecule has 2 aliphatic rings. The number of likely N-dealkylation sites (tertiary alicyclic amines) is 1. The van der Waals surface area contributed by atoms with E-state index in [4.69, 9.17) is 5.73 Å². The van der Waals surface area contributed by atoms with Gasteiger partial charge in [-0.1, -0.05) is 30.3 Å². The van der Waals surface area contributed by atoms with Crippen LogP contribution in [0.4, 0.5) is 0 Å². The van der Waals surface area contributed by atoms with Crippen LogP contribution in [0.2, 0.25) is 0 Å². The number of benzene rings is 1. The van der Waals surface area contributed by atoms with Crippen LogP contribution in [0.1, 0.15) is 51.1 Å². The van der Waals surface area contributed by atoms with Gasteiger partial charge >= 0.3 is 0 Å². The maximum absolute atomic E-state index is 12.8. The second-order valence-corrected chi connectivity index (χ2v) is 6.91. The molecule has 0 bridgehead atoms. The molecule has 3 rings (SSSR count). The van der Waals surface area contributed by atoms with Gasteiger partial charge in [0.1, 0.15) is 0 Å². The normalized spacial score (nSPS) is 31.9. The Morgan fingerprint density at radius 3 is 2.50 bits per heavy atom. The van der Waals surface area contributed by atoms with Gasteiger partial charge in [0, 0.05) is 17.5 Å². The average molecular weight is 272 g/mol. The number of nitrogens with zero attached hydrogens (tertiary/aromatic N) is 1. The Balaban J connectivity index is 1.85. The van der Waals surface area contributed by atoms with Gasteiger partial charge in [0.15, 0.2) is 0 Å². The molecule has 0 radical (unpaired) electrons. The highest BCUT2D eigenvalue weighted by atomic mass is 16.2. The fourth-order valence-electron chi connectivity index (χ4n) is 3.66. The van der Waals surface area contributed by atoms with Crippen molar-refractivity contribution < 1.29 is 4.79 Å². The Bertz CT molecular complexity index is 491. The zero-order valence-corrected chi connectivity index (χ0v) is 12.4. The van der Waals surface area contributed by atoms with E-state index in [0.29, 0.717) is 5.91 Å². The summed E-state index contributed by atoms with van der Waals surface area (Å²) >= 11 is 0. The van der Waals surface area contributed by atoms with Crippen molar-refractivity contribution in [2.24, 2.45) is 11.7 Å². The van der Waals surface area contributed by atoms with Gasteiger partial charge in [0.25, 0.3) is 0 Å². The molecule has 1 atom stereocenters. The maximum atomic E-state index is 12.8. The second kappa shape index (κ2) is 4.88. The lowest BCUT2D eigenvalue weighted by Gasteiger charge is -2.42. The summed E-state index contributed by atoms with van der Waals surface area (Å²) < 4.78 is 0. The third-order valence-corrected chi connectivity index (χ3v) is 4.94. The maximum Gasteiger partial charge on any atom is 0.226 e.